The van der Waals surface area contributed by atoms with Crippen LogP contribution < -0.4 is 0 Å². The van der Waals surface area contributed by atoms with Gasteiger partial charge in [-0.2, -0.15) is 5.26 Å². The van der Waals surface area contributed by atoms with E-state index in [0.29, 0.717) is 25.7 Å². The molecule has 3 rings (SSSR count). The summed E-state index contributed by atoms with van der Waals surface area (Å²) in [6.07, 6.45) is 3.71. The minimum absolute atomic E-state index is 0.123. The van der Waals surface area contributed by atoms with Crippen molar-refractivity contribution in [1.82, 2.24) is 0 Å². The SMILES string of the molecule is COC(=O)C(C#N)[C@@H]1C[C@@H]2[C@](C)(CCC[C@@]2(C)C(=O)OC)[C@H]2CC[C@](O)(C(C)C)C(=O)[C@H]12. The van der Waals surface area contributed by atoms with Gasteiger partial charge in [0.2, 0.25) is 0 Å². The predicted octanol–water partition coefficient (Wildman–Crippen LogP) is 3.29. The van der Waals surface area contributed by atoms with Crippen LogP contribution in [0.5, 0.6) is 0 Å². The number of esters is 2. The first kappa shape index (κ1) is 24.7. The first-order chi connectivity index (χ1) is 14.9. The van der Waals surface area contributed by atoms with Crippen LogP contribution >= 0.6 is 0 Å². The third-order valence-electron chi connectivity index (χ3n) is 9.42. The number of hydrogen-bond donors (Lipinski definition) is 1. The van der Waals surface area contributed by atoms with Gasteiger partial charge in [0.1, 0.15) is 11.5 Å². The van der Waals surface area contributed by atoms with Crippen molar-refractivity contribution < 1.29 is 29.0 Å². The number of fused-ring (bicyclic) bond motifs is 3. The van der Waals surface area contributed by atoms with Crippen LogP contribution in [0.3, 0.4) is 0 Å². The molecule has 178 valence electrons. The van der Waals surface area contributed by atoms with Crippen LogP contribution in [0.1, 0.15) is 66.2 Å². The lowest BCUT2D eigenvalue weighted by Crippen LogP contribution is -2.65. The maximum Gasteiger partial charge on any atom is 0.323 e. The van der Waals surface area contributed by atoms with Gasteiger partial charge in [0.15, 0.2) is 5.78 Å². The number of hydrogen-bond acceptors (Lipinski definition) is 7. The first-order valence-electron chi connectivity index (χ1n) is 11.7. The van der Waals surface area contributed by atoms with Crippen molar-refractivity contribution in [3.8, 4) is 6.07 Å². The van der Waals surface area contributed by atoms with Gasteiger partial charge in [0.25, 0.3) is 0 Å². The molecule has 3 saturated carbocycles. The highest BCUT2D eigenvalue weighted by atomic mass is 16.5. The van der Waals surface area contributed by atoms with Crippen molar-refractivity contribution in [3.63, 3.8) is 0 Å². The molecule has 3 fully saturated rings. The maximum absolute atomic E-state index is 13.8. The molecule has 0 amide bonds. The Labute approximate surface area is 190 Å². The van der Waals surface area contributed by atoms with Gasteiger partial charge in [-0.05, 0) is 68.1 Å². The average Bonchev–Trinajstić information content (AvgIpc) is 2.76. The van der Waals surface area contributed by atoms with E-state index in [1.54, 1.807) is 0 Å². The zero-order chi connectivity index (χ0) is 24.1. The monoisotopic (exact) mass is 447 g/mol. The van der Waals surface area contributed by atoms with Crippen molar-refractivity contribution in [2.75, 3.05) is 14.2 Å². The van der Waals surface area contributed by atoms with Crippen molar-refractivity contribution in [2.45, 2.75) is 71.8 Å². The van der Waals surface area contributed by atoms with Crippen LogP contribution in [-0.4, -0.2) is 42.6 Å². The summed E-state index contributed by atoms with van der Waals surface area (Å²) in [4.78, 5) is 39.4. The Hall–Kier alpha value is -1.94. The number of aliphatic hydroxyl groups is 1. The molecule has 0 aromatic carbocycles. The summed E-state index contributed by atoms with van der Waals surface area (Å²) in [7, 11) is 2.63. The lowest BCUT2D eigenvalue weighted by molar-refractivity contribution is -0.198. The van der Waals surface area contributed by atoms with Gasteiger partial charge in [0.05, 0.1) is 25.7 Å². The molecule has 8 atom stereocenters. The van der Waals surface area contributed by atoms with Crippen LogP contribution in [0.4, 0.5) is 0 Å². The molecule has 0 bridgehead atoms. The van der Waals surface area contributed by atoms with Crippen LogP contribution in [-0.2, 0) is 23.9 Å². The van der Waals surface area contributed by atoms with Gasteiger partial charge in [0, 0.05) is 5.92 Å². The van der Waals surface area contributed by atoms with E-state index in [9.17, 15) is 24.8 Å². The number of rotatable bonds is 4. The summed E-state index contributed by atoms with van der Waals surface area (Å²) >= 11 is 0. The van der Waals surface area contributed by atoms with Gasteiger partial charge in [-0.1, -0.05) is 27.2 Å². The number of methoxy groups -OCH3 is 2. The number of nitrogens with zero attached hydrogens (tertiary/aromatic N) is 1. The maximum atomic E-state index is 13.8. The highest BCUT2D eigenvalue weighted by molar-refractivity contribution is 5.92. The normalized spacial score (nSPS) is 42.3. The fourth-order valence-electron chi connectivity index (χ4n) is 7.53. The molecule has 0 spiro atoms. The second-order valence-electron chi connectivity index (χ2n) is 11.0. The minimum Gasteiger partial charge on any atom is -0.469 e. The minimum atomic E-state index is -1.47. The highest BCUT2D eigenvalue weighted by Gasteiger charge is 2.66. The fourth-order valence-corrected chi connectivity index (χ4v) is 7.53. The van der Waals surface area contributed by atoms with Gasteiger partial charge < -0.3 is 14.6 Å². The zero-order valence-electron chi connectivity index (χ0n) is 20.1. The topological polar surface area (TPSA) is 114 Å². The standard InChI is InChI=1S/C25H37NO6/c1-14(2)25(30)11-8-17-19(20(25)27)15(16(13-26)21(28)31-5)12-18-23(17,3)9-7-10-24(18,4)22(29)32-6/h14-19,30H,7-12H2,1-6H3/t15-,16?,17-,18+,19+,23+,24+,25-/m0/s1. The lowest BCUT2D eigenvalue weighted by atomic mass is 9.40. The van der Waals surface area contributed by atoms with Crippen LogP contribution in [0, 0.1) is 57.7 Å². The number of nitriles is 1. The Morgan fingerprint density at radius 2 is 1.81 bits per heavy atom. The Balaban J connectivity index is 2.17. The molecule has 0 aromatic rings. The molecule has 0 aromatic heterocycles. The molecule has 3 aliphatic carbocycles. The molecular weight excluding hydrogens is 410 g/mol. The second kappa shape index (κ2) is 8.44. The number of carbonyl (C=O) groups excluding carboxylic acids is 3. The van der Waals surface area contributed by atoms with E-state index in [2.05, 4.69) is 13.0 Å². The summed E-state index contributed by atoms with van der Waals surface area (Å²) in [5.74, 6) is -4.10. The third-order valence-corrected chi connectivity index (χ3v) is 9.42. The molecule has 3 aliphatic rings. The molecular formula is C25H37NO6. The Bertz CT molecular complexity index is 833. The van der Waals surface area contributed by atoms with E-state index < -0.39 is 34.7 Å². The van der Waals surface area contributed by atoms with Crippen molar-refractivity contribution in [2.24, 2.45) is 46.3 Å². The van der Waals surface area contributed by atoms with Crippen LogP contribution in [0.15, 0.2) is 0 Å². The second-order valence-corrected chi connectivity index (χ2v) is 11.0. The number of ether oxygens (including phenoxy) is 2. The van der Waals surface area contributed by atoms with E-state index in [0.717, 1.165) is 12.8 Å². The fraction of sp³-hybridized carbons (Fsp3) is 0.840. The van der Waals surface area contributed by atoms with Gasteiger partial charge >= 0.3 is 11.9 Å². The van der Waals surface area contributed by atoms with Crippen LogP contribution in [0.25, 0.3) is 0 Å². The molecule has 7 heteroatoms. The summed E-state index contributed by atoms with van der Waals surface area (Å²) in [5.41, 5.74) is -2.55. The molecule has 0 radical (unpaired) electrons. The van der Waals surface area contributed by atoms with E-state index in [4.69, 9.17) is 9.47 Å². The summed E-state index contributed by atoms with van der Waals surface area (Å²) < 4.78 is 10.1. The van der Waals surface area contributed by atoms with E-state index in [1.165, 1.54) is 14.2 Å². The highest BCUT2D eigenvalue weighted by Crippen LogP contribution is 2.66. The van der Waals surface area contributed by atoms with Crippen molar-refractivity contribution >= 4 is 17.7 Å². The Morgan fingerprint density at radius 3 is 2.34 bits per heavy atom. The third kappa shape index (κ3) is 3.37. The van der Waals surface area contributed by atoms with Gasteiger partial charge in [-0.3, -0.25) is 14.4 Å². The zero-order valence-corrected chi connectivity index (χ0v) is 20.1. The summed E-state index contributed by atoms with van der Waals surface area (Å²) in [5, 5.41) is 21.2. The largest absolute Gasteiger partial charge is 0.469 e. The van der Waals surface area contributed by atoms with Gasteiger partial charge in [-0.15, -0.1) is 0 Å². The molecule has 32 heavy (non-hydrogen) atoms. The lowest BCUT2D eigenvalue weighted by Gasteiger charge is -2.63. The summed E-state index contributed by atoms with van der Waals surface area (Å²) in [6.45, 7) is 7.74. The number of Topliss-reactive ketones (excluding diaryl/α,β-unsaturated/α-hetero) is 1. The Kier molecular flexibility index (Phi) is 6.52. The van der Waals surface area contributed by atoms with E-state index in [-0.39, 0.29) is 34.9 Å². The molecule has 0 aliphatic heterocycles. The summed E-state index contributed by atoms with van der Waals surface area (Å²) in [6, 6.07) is 2.09. The number of ketones is 1. The molecule has 1 unspecified atom stereocenters. The van der Waals surface area contributed by atoms with Crippen molar-refractivity contribution in [1.29, 1.82) is 5.26 Å². The van der Waals surface area contributed by atoms with Crippen LogP contribution in [0.2, 0.25) is 0 Å². The van der Waals surface area contributed by atoms with E-state index in [1.807, 2.05) is 20.8 Å². The molecule has 0 heterocycles. The first-order valence-corrected chi connectivity index (χ1v) is 11.7. The van der Waals surface area contributed by atoms with Crippen molar-refractivity contribution in [3.05, 3.63) is 0 Å². The molecule has 7 nitrogen and oxygen atoms in total. The number of carbonyl (C=O) groups is 3. The van der Waals surface area contributed by atoms with Gasteiger partial charge in [-0.25, -0.2) is 0 Å². The average molecular weight is 448 g/mol. The quantitative estimate of drug-likeness (QED) is 0.658. The van der Waals surface area contributed by atoms with E-state index >= 15 is 0 Å². The molecule has 0 saturated heterocycles. The smallest absolute Gasteiger partial charge is 0.323 e. The molecule has 1 N–H and O–H groups in total. The predicted molar refractivity (Wildman–Crippen MR) is 116 cm³/mol. The Morgan fingerprint density at radius 1 is 1.16 bits per heavy atom.